The van der Waals surface area contributed by atoms with Crippen LogP contribution in [0.2, 0.25) is 5.02 Å². The molecule has 2 nitrogen and oxygen atoms in total. The summed E-state index contributed by atoms with van der Waals surface area (Å²) in [7, 11) is 0. The van der Waals surface area contributed by atoms with E-state index in [2.05, 4.69) is 12.2 Å². The summed E-state index contributed by atoms with van der Waals surface area (Å²) in [6.45, 7) is 2.96. The van der Waals surface area contributed by atoms with Crippen LogP contribution < -0.4 is 5.32 Å². The van der Waals surface area contributed by atoms with Gasteiger partial charge in [-0.15, -0.1) is 0 Å². The van der Waals surface area contributed by atoms with Gasteiger partial charge in [0.25, 0.3) is 0 Å². The molecule has 1 N–H and O–H groups in total. The van der Waals surface area contributed by atoms with E-state index in [1.807, 2.05) is 6.07 Å². The summed E-state index contributed by atoms with van der Waals surface area (Å²) in [6.07, 6.45) is 4.82. The molecule has 1 aromatic heterocycles. The maximum Gasteiger partial charge on any atom is 0.127 e. The number of furan rings is 1. The highest BCUT2D eigenvalue weighted by atomic mass is 35.5. The Morgan fingerprint density at radius 3 is 2.84 bits per heavy atom. The van der Waals surface area contributed by atoms with Crippen LogP contribution in [0.1, 0.15) is 30.5 Å². The highest BCUT2D eigenvalue weighted by Crippen LogP contribution is 2.26. The Kier molecular flexibility index (Phi) is 5.00. The minimum atomic E-state index is -0.265. The number of halogens is 2. The maximum absolute atomic E-state index is 13.8. The molecule has 4 heteroatoms. The highest BCUT2D eigenvalue weighted by molar-refractivity contribution is 6.31. The van der Waals surface area contributed by atoms with Crippen molar-refractivity contribution in [2.24, 2.45) is 0 Å². The van der Waals surface area contributed by atoms with Crippen molar-refractivity contribution in [1.29, 1.82) is 0 Å². The van der Waals surface area contributed by atoms with E-state index in [9.17, 15) is 4.39 Å². The van der Waals surface area contributed by atoms with Gasteiger partial charge in [-0.25, -0.2) is 4.39 Å². The Morgan fingerprint density at radius 2 is 2.21 bits per heavy atom. The van der Waals surface area contributed by atoms with Crippen LogP contribution in [0.25, 0.3) is 0 Å². The van der Waals surface area contributed by atoms with Gasteiger partial charge in [0.1, 0.15) is 5.82 Å². The Morgan fingerprint density at radius 1 is 1.37 bits per heavy atom. The molecule has 0 amide bonds. The second-order valence-electron chi connectivity index (χ2n) is 4.47. The standard InChI is InChI=1S/C15H17ClFNO/c1-2-7-18-15(11-6-8-19-10-11)9-12-13(16)4-3-5-14(12)17/h3-6,8,10,15,18H,2,7,9H2,1H3. The first kappa shape index (κ1) is 14.1. The smallest absolute Gasteiger partial charge is 0.127 e. The fourth-order valence-corrected chi connectivity index (χ4v) is 2.27. The van der Waals surface area contributed by atoms with Crippen LogP contribution in [0.3, 0.4) is 0 Å². The van der Waals surface area contributed by atoms with Crippen molar-refractivity contribution in [3.63, 3.8) is 0 Å². The monoisotopic (exact) mass is 281 g/mol. The van der Waals surface area contributed by atoms with Crippen LogP contribution in [0.15, 0.2) is 41.2 Å². The van der Waals surface area contributed by atoms with Crippen molar-refractivity contribution in [2.45, 2.75) is 25.8 Å². The summed E-state index contributed by atoms with van der Waals surface area (Å²) < 4.78 is 18.9. The van der Waals surface area contributed by atoms with Crippen LogP contribution in [0.5, 0.6) is 0 Å². The molecule has 1 aromatic carbocycles. The lowest BCUT2D eigenvalue weighted by molar-refractivity contribution is 0.501. The minimum Gasteiger partial charge on any atom is -0.472 e. The SMILES string of the molecule is CCCNC(Cc1c(F)cccc1Cl)c1ccoc1. The topological polar surface area (TPSA) is 25.2 Å². The van der Waals surface area contributed by atoms with E-state index in [4.69, 9.17) is 16.0 Å². The molecule has 0 aliphatic heterocycles. The van der Waals surface area contributed by atoms with Gasteiger partial charge in [0.2, 0.25) is 0 Å². The molecule has 1 atom stereocenters. The van der Waals surface area contributed by atoms with E-state index < -0.39 is 0 Å². The third-order valence-corrected chi connectivity index (χ3v) is 3.41. The molecule has 0 aliphatic rings. The van der Waals surface area contributed by atoms with Gasteiger partial charge in [-0.3, -0.25) is 0 Å². The van der Waals surface area contributed by atoms with E-state index in [0.717, 1.165) is 18.5 Å². The van der Waals surface area contributed by atoms with Crippen molar-refractivity contribution in [3.8, 4) is 0 Å². The Balaban J connectivity index is 2.20. The van der Waals surface area contributed by atoms with Gasteiger partial charge in [0, 0.05) is 22.2 Å². The van der Waals surface area contributed by atoms with Crippen LogP contribution in [0.4, 0.5) is 4.39 Å². The molecule has 0 aliphatic carbocycles. The van der Waals surface area contributed by atoms with Gasteiger partial charge in [0.15, 0.2) is 0 Å². The third kappa shape index (κ3) is 3.58. The summed E-state index contributed by atoms with van der Waals surface area (Å²) in [4.78, 5) is 0. The number of rotatable bonds is 6. The van der Waals surface area contributed by atoms with Crippen LogP contribution in [-0.2, 0) is 6.42 Å². The first-order chi connectivity index (χ1) is 9.22. The Labute approximate surface area is 117 Å². The maximum atomic E-state index is 13.8. The second kappa shape index (κ2) is 6.73. The molecule has 0 saturated carbocycles. The quantitative estimate of drug-likeness (QED) is 0.851. The van der Waals surface area contributed by atoms with Crippen molar-refractivity contribution in [3.05, 3.63) is 58.8 Å². The minimum absolute atomic E-state index is 0.00750. The average Bonchev–Trinajstić information content (AvgIpc) is 2.91. The molecular formula is C15H17ClFNO. The lowest BCUT2D eigenvalue weighted by Crippen LogP contribution is -2.24. The number of nitrogens with one attached hydrogen (secondary N) is 1. The van der Waals surface area contributed by atoms with E-state index in [-0.39, 0.29) is 11.9 Å². The van der Waals surface area contributed by atoms with Crippen molar-refractivity contribution < 1.29 is 8.81 Å². The second-order valence-corrected chi connectivity index (χ2v) is 4.87. The van der Waals surface area contributed by atoms with Gasteiger partial charge in [0.05, 0.1) is 12.5 Å². The number of hydrogen-bond acceptors (Lipinski definition) is 2. The molecule has 0 fully saturated rings. The van der Waals surface area contributed by atoms with Gasteiger partial charge in [-0.05, 0) is 37.6 Å². The average molecular weight is 282 g/mol. The fourth-order valence-electron chi connectivity index (χ4n) is 2.03. The van der Waals surface area contributed by atoms with Gasteiger partial charge < -0.3 is 9.73 Å². The molecule has 2 rings (SSSR count). The van der Waals surface area contributed by atoms with Crippen LogP contribution >= 0.6 is 11.6 Å². The summed E-state index contributed by atoms with van der Waals surface area (Å²) in [5.74, 6) is -0.265. The normalized spacial score (nSPS) is 12.6. The zero-order valence-corrected chi connectivity index (χ0v) is 11.6. The molecule has 102 valence electrons. The highest BCUT2D eigenvalue weighted by Gasteiger charge is 2.17. The van der Waals surface area contributed by atoms with E-state index in [1.165, 1.54) is 6.07 Å². The van der Waals surface area contributed by atoms with Gasteiger partial charge in [-0.2, -0.15) is 0 Å². The zero-order valence-electron chi connectivity index (χ0n) is 10.8. The first-order valence-corrected chi connectivity index (χ1v) is 6.78. The molecule has 1 heterocycles. The summed E-state index contributed by atoms with van der Waals surface area (Å²) in [5.41, 5.74) is 1.55. The van der Waals surface area contributed by atoms with Gasteiger partial charge >= 0.3 is 0 Å². The summed E-state index contributed by atoms with van der Waals surface area (Å²) >= 11 is 6.08. The molecule has 0 spiro atoms. The fraction of sp³-hybridized carbons (Fsp3) is 0.333. The van der Waals surface area contributed by atoms with E-state index in [0.29, 0.717) is 17.0 Å². The van der Waals surface area contributed by atoms with E-state index in [1.54, 1.807) is 24.7 Å². The Bertz CT molecular complexity index is 493. The number of benzene rings is 1. The molecule has 0 bridgehead atoms. The summed E-state index contributed by atoms with van der Waals surface area (Å²) in [5, 5.41) is 3.85. The molecular weight excluding hydrogens is 265 g/mol. The molecule has 0 saturated heterocycles. The lowest BCUT2D eigenvalue weighted by Gasteiger charge is -2.18. The van der Waals surface area contributed by atoms with Gasteiger partial charge in [-0.1, -0.05) is 24.6 Å². The largest absolute Gasteiger partial charge is 0.472 e. The molecule has 1 unspecified atom stereocenters. The number of hydrogen-bond donors (Lipinski definition) is 1. The van der Waals surface area contributed by atoms with Crippen molar-refractivity contribution >= 4 is 11.6 Å². The van der Waals surface area contributed by atoms with Crippen LogP contribution in [-0.4, -0.2) is 6.54 Å². The van der Waals surface area contributed by atoms with Crippen LogP contribution in [0, 0.1) is 5.82 Å². The summed E-state index contributed by atoms with van der Waals surface area (Å²) in [6, 6.07) is 6.67. The van der Waals surface area contributed by atoms with Crippen molar-refractivity contribution in [1.82, 2.24) is 5.32 Å². The predicted molar refractivity (Wildman–Crippen MR) is 74.9 cm³/mol. The predicted octanol–water partition coefficient (Wildman–Crippen LogP) is 4.36. The molecule has 0 radical (unpaired) electrons. The molecule has 19 heavy (non-hydrogen) atoms. The first-order valence-electron chi connectivity index (χ1n) is 6.40. The zero-order chi connectivity index (χ0) is 13.7. The van der Waals surface area contributed by atoms with Crippen molar-refractivity contribution in [2.75, 3.05) is 6.54 Å². The third-order valence-electron chi connectivity index (χ3n) is 3.06. The molecule has 2 aromatic rings. The van der Waals surface area contributed by atoms with E-state index >= 15 is 0 Å². The Hall–Kier alpha value is -1.32. The lowest BCUT2D eigenvalue weighted by atomic mass is 10.0.